The van der Waals surface area contributed by atoms with E-state index in [1.807, 2.05) is 0 Å². The topological polar surface area (TPSA) is 91.8 Å². The summed E-state index contributed by atoms with van der Waals surface area (Å²) >= 11 is 13.1. The second-order valence-corrected chi connectivity index (χ2v) is 11.3. The minimum absolute atomic E-state index is 0.0432. The standard InChI is InChI=1S/C19H25Cl2N3O4S2/c1-12-19(29-13(2)23-12)30(26,27)22-10-14(25)11-24-7-5-15(6-8-24)28-16-3-4-17(20)18(21)9-16/h3-4,9,14-15,22,25H,5-8,10-11H2,1-2H3/t14-/m0/s1. The number of likely N-dealkylation sites (tertiary alicyclic amines) is 1. The number of aliphatic hydroxyl groups is 1. The van der Waals surface area contributed by atoms with Crippen LogP contribution in [0.5, 0.6) is 5.75 Å². The van der Waals surface area contributed by atoms with Gasteiger partial charge in [0.15, 0.2) is 4.21 Å². The van der Waals surface area contributed by atoms with E-state index in [4.69, 9.17) is 27.9 Å². The molecule has 2 heterocycles. The number of β-amino-alcohol motifs (C(OH)–C–C–N with tert-alkyl or cyclic N) is 1. The van der Waals surface area contributed by atoms with E-state index in [0.29, 0.717) is 33.0 Å². The van der Waals surface area contributed by atoms with Gasteiger partial charge in [-0.1, -0.05) is 23.2 Å². The molecule has 0 aliphatic carbocycles. The Morgan fingerprint density at radius 2 is 2.00 bits per heavy atom. The van der Waals surface area contributed by atoms with E-state index in [0.717, 1.165) is 37.3 Å². The molecule has 1 aliphatic heterocycles. The smallest absolute Gasteiger partial charge is 0.252 e. The number of aryl methyl sites for hydroxylation is 2. The Morgan fingerprint density at radius 1 is 1.30 bits per heavy atom. The average Bonchev–Trinajstić information content (AvgIpc) is 3.04. The van der Waals surface area contributed by atoms with Gasteiger partial charge in [0.05, 0.1) is 26.9 Å². The maximum atomic E-state index is 12.4. The molecule has 1 fully saturated rings. The van der Waals surface area contributed by atoms with Gasteiger partial charge >= 0.3 is 0 Å². The summed E-state index contributed by atoms with van der Waals surface area (Å²) in [4.78, 5) is 6.25. The molecule has 1 atom stereocenters. The lowest BCUT2D eigenvalue weighted by Gasteiger charge is -2.33. The van der Waals surface area contributed by atoms with Crippen molar-refractivity contribution in [2.75, 3.05) is 26.2 Å². The Bertz CT molecular complexity index is 976. The van der Waals surface area contributed by atoms with E-state index < -0.39 is 16.1 Å². The van der Waals surface area contributed by atoms with Crippen LogP contribution < -0.4 is 9.46 Å². The quantitative estimate of drug-likeness (QED) is 0.586. The molecule has 0 saturated carbocycles. The molecule has 166 valence electrons. The minimum Gasteiger partial charge on any atom is -0.490 e. The number of hydrogen-bond donors (Lipinski definition) is 2. The maximum Gasteiger partial charge on any atom is 0.252 e. The fourth-order valence-corrected chi connectivity index (χ4v) is 6.24. The SMILES string of the molecule is Cc1nc(C)c(S(=O)(=O)NC[C@H](O)CN2CCC(Oc3ccc(Cl)c(Cl)c3)CC2)s1. The highest BCUT2D eigenvalue weighted by Gasteiger charge is 2.25. The lowest BCUT2D eigenvalue weighted by Crippen LogP contribution is -2.44. The molecule has 1 aromatic carbocycles. The number of nitrogens with zero attached hydrogens (tertiary/aromatic N) is 2. The predicted molar refractivity (Wildman–Crippen MR) is 119 cm³/mol. The van der Waals surface area contributed by atoms with Gasteiger partial charge in [-0.15, -0.1) is 11.3 Å². The van der Waals surface area contributed by atoms with E-state index in [9.17, 15) is 13.5 Å². The van der Waals surface area contributed by atoms with Crippen LogP contribution in [0.2, 0.25) is 10.0 Å². The number of piperidine rings is 1. The van der Waals surface area contributed by atoms with Crippen LogP contribution in [0.3, 0.4) is 0 Å². The van der Waals surface area contributed by atoms with Crippen LogP contribution in [0.4, 0.5) is 0 Å². The number of aromatic nitrogens is 1. The summed E-state index contributed by atoms with van der Waals surface area (Å²) in [6.07, 6.45) is 0.865. The zero-order chi connectivity index (χ0) is 21.9. The van der Waals surface area contributed by atoms with E-state index >= 15 is 0 Å². The maximum absolute atomic E-state index is 12.4. The molecule has 0 radical (unpaired) electrons. The van der Waals surface area contributed by atoms with E-state index in [1.54, 1.807) is 32.0 Å². The van der Waals surface area contributed by atoms with Crippen molar-refractivity contribution >= 4 is 44.6 Å². The second-order valence-electron chi connectivity index (χ2n) is 7.31. The van der Waals surface area contributed by atoms with Crippen LogP contribution in [0.1, 0.15) is 23.5 Å². The first-order valence-electron chi connectivity index (χ1n) is 9.60. The number of ether oxygens (including phenoxy) is 1. The van der Waals surface area contributed by atoms with Crippen molar-refractivity contribution in [2.45, 2.75) is 43.1 Å². The van der Waals surface area contributed by atoms with Crippen molar-refractivity contribution in [3.8, 4) is 5.75 Å². The van der Waals surface area contributed by atoms with Gasteiger partial charge in [-0.05, 0) is 38.8 Å². The average molecular weight is 494 g/mol. The molecule has 1 saturated heterocycles. The summed E-state index contributed by atoms with van der Waals surface area (Å²) in [5.74, 6) is 0.686. The van der Waals surface area contributed by atoms with Crippen molar-refractivity contribution in [3.63, 3.8) is 0 Å². The predicted octanol–water partition coefficient (Wildman–Crippen LogP) is 3.25. The summed E-state index contributed by atoms with van der Waals surface area (Å²) in [5, 5.41) is 11.9. The Hall–Kier alpha value is -0.940. The summed E-state index contributed by atoms with van der Waals surface area (Å²) in [5.41, 5.74) is 0.475. The van der Waals surface area contributed by atoms with Crippen molar-refractivity contribution in [3.05, 3.63) is 38.9 Å². The first-order valence-corrected chi connectivity index (χ1v) is 12.7. The minimum atomic E-state index is -3.67. The number of nitrogens with one attached hydrogen (secondary N) is 1. The monoisotopic (exact) mass is 493 g/mol. The van der Waals surface area contributed by atoms with Gasteiger partial charge in [0.2, 0.25) is 0 Å². The molecule has 0 unspecified atom stereocenters. The normalized spacial score (nSPS) is 17.2. The third-order valence-electron chi connectivity index (χ3n) is 4.81. The third-order valence-corrected chi connectivity index (χ3v) is 8.66. The molecule has 2 N–H and O–H groups in total. The van der Waals surface area contributed by atoms with Crippen molar-refractivity contribution in [1.29, 1.82) is 0 Å². The summed E-state index contributed by atoms with van der Waals surface area (Å²) in [7, 11) is -3.67. The summed E-state index contributed by atoms with van der Waals surface area (Å²) < 4.78 is 33.5. The summed E-state index contributed by atoms with van der Waals surface area (Å²) in [6.45, 7) is 5.28. The molecule has 0 amide bonds. The second kappa shape index (κ2) is 10.1. The van der Waals surface area contributed by atoms with Gasteiger partial charge in [0.1, 0.15) is 11.9 Å². The molecule has 0 bridgehead atoms. The van der Waals surface area contributed by atoms with Gasteiger partial charge in [-0.25, -0.2) is 18.1 Å². The van der Waals surface area contributed by atoms with Gasteiger partial charge in [0.25, 0.3) is 10.0 Å². The zero-order valence-corrected chi connectivity index (χ0v) is 19.9. The number of sulfonamides is 1. The molecular formula is C19H25Cl2N3O4S2. The lowest BCUT2D eigenvalue weighted by atomic mass is 10.1. The highest BCUT2D eigenvalue weighted by molar-refractivity contribution is 7.91. The number of thiazole rings is 1. The van der Waals surface area contributed by atoms with Gasteiger partial charge in [-0.2, -0.15) is 0 Å². The number of hydrogen-bond acceptors (Lipinski definition) is 7. The lowest BCUT2D eigenvalue weighted by molar-refractivity contribution is 0.0630. The first-order chi connectivity index (χ1) is 14.1. The van der Waals surface area contributed by atoms with Crippen LogP contribution >= 0.6 is 34.5 Å². The van der Waals surface area contributed by atoms with Crippen LogP contribution in [0, 0.1) is 13.8 Å². The van der Waals surface area contributed by atoms with Gasteiger partial charge in [0, 0.05) is 32.2 Å². The molecule has 3 rings (SSSR count). The van der Waals surface area contributed by atoms with Crippen LogP contribution in [-0.4, -0.2) is 61.8 Å². The fourth-order valence-electron chi connectivity index (χ4n) is 3.35. The van der Waals surface area contributed by atoms with Crippen molar-refractivity contribution in [2.24, 2.45) is 0 Å². The molecule has 11 heteroatoms. The Balaban J connectivity index is 1.43. The van der Waals surface area contributed by atoms with Gasteiger partial charge < -0.3 is 14.7 Å². The van der Waals surface area contributed by atoms with Crippen molar-refractivity contribution < 1.29 is 18.3 Å². The first kappa shape index (κ1) is 23.7. The third kappa shape index (κ3) is 6.29. The Labute approximate surface area is 191 Å². The molecule has 7 nitrogen and oxygen atoms in total. The Kier molecular flexibility index (Phi) is 8.00. The zero-order valence-electron chi connectivity index (χ0n) is 16.8. The van der Waals surface area contributed by atoms with E-state index in [2.05, 4.69) is 14.6 Å². The fraction of sp³-hybridized carbons (Fsp3) is 0.526. The summed E-state index contributed by atoms with van der Waals surface area (Å²) in [6, 6.07) is 5.21. The molecule has 30 heavy (non-hydrogen) atoms. The highest BCUT2D eigenvalue weighted by Crippen LogP contribution is 2.28. The molecule has 1 aliphatic rings. The molecule has 2 aromatic rings. The largest absolute Gasteiger partial charge is 0.490 e. The number of halogens is 2. The number of aliphatic hydroxyl groups excluding tert-OH is 1. The number of benzene rings is 1. The molecular weight excluding hydrogens is 469 g/mol. The van der Waals surface area contributed by atoms with Crippen molar-refractivity contribution in [1.82, 2.24) is 14.6 Å². The van der Waals surface area contributed by atoms with Crippen LogP contribution in [0.25, 0.3) is 0 Å². The van der Waals surface area contributed by atoms with E-state index in [1.165, 1.54) is 0 Å². The van der Waals surface area contributed by atoms with E-state index in [-0.39, 0.29) is 16.9 Å². The van der Waals surface area contributed by atoms with Crippen LogP contribution in [-0.2, 0) is 10.0 Å². The Morgan fingerprint density at radius 3 is 2.60 bits per heavy atom. The molecule has 1 aromatic heterocycles. The number of rotatable bonds is 8. The van der Waals surface area contributed by atoms with Crippen LogP contribution in [0.15, 0.2) is 22.4 Å². The highest BCUT2D eigenvalue weighted by atomic mass is 35.5. The van der Waals surface area contributed by atoms with Gasteiger partial charge in [-0.3, -0.25) is 0 Å². The molecule has 0 spiro atoms.